The fourth-order valence-corrected chi connectivity index (χ4v) is 3.51. The molecule has 1 saturated heterocycles. The van der Waals surface area contributed by atoms with Crippen LogP contribution in [-0.4, -0.2) is 50.7 Å². The van der Waals surface area contributed by atoms with Crippen molar-refractivity contribution in [1.29, 1.82) is 0 Å². The molecule has 0 saturated carbocycles. The van der Waals surface area contributed by atoms with E-state index in [0.29, 0.717) is 23.0 Å². The molecule has 0 radical (unpaired) electrons. The summed E-state index contributed by atoms with van der Waals surface area (Å²) in [6.07, 6.45) is 6.94. The maximum atomic E-state index is 12.6. The second-order valence-electron chi connectivity index (χ2n) is 6.55. The van der Waals surface area contributed by atoms with Gasteiger partial charge in [0.15, 0.2) is 5.65 Å². The van der Waals surface area contributed by atoms with Crippen LogP contribution in [0, 0.1) is 0 Å². The van der Waals surface area contributed by atoms with Crippen molar-refractivity contribution in [3.63, 3.8) is 0 Å². The maximum absolute atomic E-state index is 12.6. The second kappa shape index (κ2) is 6.70. The summed E-state index contributed by atoms with van der Waals surface area (Å²) in [4.78, 5) is 34.1. The molecular formula is C18H21N7O. The van der Waals surface area contributed by atoms with Crippen molar-refractivity contribution in [2.24, 2.45) is 7.05 Å². The number of hydrogen-bond acceptors (Lipinski definition) is 7. The van der Waals surface area contributed by atoms with Crippen molar-refractivity contribution in [2.45, 2.75) is 18.9 Å². The van der Waals surface area contributed by atoms with Crippen molar-refractivity contribution in [1.82, 2.24) is 24.5 Å². The molecule has 3 aromatic heterocycles. The third kappa shape index (κ3) is 2.87. The summed E-state index contributed by atoms with van der Waals surface area (Å²) in [5.41, 5.74) is 0.448. The third-order valence-electron chi connectivity index (χ3n) is 5.05. The normalized spacial score (nSPS) is 15.4. The van der Waals surface area contributed by atoms with Gasteiger partial charge in [-0.3, -0.25) is 9.36 Å². The fourth-order valence-electron chi connectivity index (χ4n) is 3.51. The lowest BCUT2D eigenvalue weighted by Crippen LogP contribution is -2.45. The molecule has 0 aliphatic carbocycles. The molecule has 0 bridgehead atoms. The lowest BCUT2D eigenvalue weighted by molar-refractivity contribution is 0.471. The number of piperidine rings is 1. The number of rotatable bonds is 3. The van der Waals surface area contributed by atoms with E-state index in [-0.39, 0.29) is 5.56 Å². The summed E-state index contributed by atoms with van der Waals surface area (Å²) in [7, 11) is 3.84. The van der Waals surface area contributed by atoms with Crippen molar-refractivity contribution in [3.05, 3.63) is 47.3 Å². The number of pyridine rings is 1. The molecule has 0 aromatic carbocycles. The summed E-state index contributed by atoms with van der Waals surface area (Å²) in [6, 6.07) is 5.85. The van der Waals surface area contributed by atoms with Crippen LogP contribution in [0.1, 0.15) is 12.8 Å². The van der Waals surface area contributed by atoms with Gasteiger partial charge in [0, 0.05) is 45.6 Å². The Balaban J connectivity index is 1.54. The van der Waals surface area contributed by atoms with Crippen LogP contribution in [0.3, 0.4) is 0 Å². The lowest BCUT2D eigenvalue weighted by atomic mass is 10.0. The fraction of sp³-hybridized carbons (Fsp3) is 0.389. The third-order valence-corrected chi connectivity index (χ3v) is 5.05. The number of hydrogen-bond donors (Lipinski definition) is 0. The quantitative estimate of drug-likeness (QED) is 0.702. The van der Waals surface area contributed by atoms with Gasteiger partial charge in [-0.2, -0.15) is 4.98 Å². The van der Waals surface area contributed by atoms with E-state index in [1.807, 2.05) is 6.07 Å². The highest BCUT2D eigenvalue weighted by molar-refractivity contribution is 5.74. The zero-order chi connectivity index (χ0) is 18.1. The van der Waals surface area contributed by atoms with Gasteiger partial charge in [0.25, 0.3) is 5.56 Å². The van der Waals surface area contributed by atoms with E-state index in [2.05, 4.69) is 36.8 Å². The standard InChI is InChI=1S/C18H21N7O/c1-23(15-5-9-19-12-21-15)13-6-10-25(11-7-13)18-22-16-14(4-3-8-20-16)17(26)24(18)2/h3-5,8-9,12-13H,6-7,10-11H2,1-2H3. The van der Waals surface area contributed by atoms with Crippen LogP contribution in [0.5, 0.6) is 0 Å². The first-order valence-corrected chi connectivity index (χ1v) is 8.70. The van der Waals surface area contributed by atoms with Crippen molar-refractivity contribution in [3.8, 4) is 0 Å². The highest BCUT2D eigenvalue weighted by atomic mass is 16.1. The Morgan fingerprint density at radius 2 is 1.96 bits per heavy atom. The van der Waals surface area contributed by atoms with Crippen LogP contribution < -0.4 is 15.4 Å². The van der Waals surface area contributed by atoms with Gasteiger partial charge in [-0.05, 0) is 31.0 Å². The molecule has 1 aliphatic rings. The zero-order valence-electron chi connectivity index (χ0n) is 14.9. The summed E-state index contributed by atoms with van der Waals surface area (Å²) in [6.45, 7) is 1.66. The highest BCUT2D eigenvalue weighted by Crippen LogP contribution is 2.23. The zero-order valence-corrected chi connectivity index (χ0v) is 14.9. The van der Waals surface area contributed by atoms with Gasteiger partial charge in [0.1, 0.15) is 12.1 Å². The smallest absolute Gasteiger partial charge is 0.264 e. The molecule has 1 aliphatic heterocycles. The predicted octanol–water partition coefficient (Wildman–Crippen LogP) is 1.22. The van der Waals surface area contributed by atoms with Gasteiger partial charge >= 0.3 is 0 Å². The van der Waals surface area contributed by atoms with Gasteiger partial charge in [0.2, 0.25) is 5.95 Å². The number of fused-ring (bicyclic) bond motifs is 1. The van der Waals surface area contributed by atoms with Gasteiger partial charge < -0.3 is 9.80 Å². The summed E-state index contributed by atoms with van der Waals surface area (Å²) in [5, 5.41) is 0.553. The molecule has 4 rings (SSSR count). The van der Waals surface area contributed by atoms with Gasteiger partial charge in [-0.1, -0.05) is 0 Å². The van der Waals surface area contributed by atoms with E-state index in [0.717, 1.165) is 31.7 Å². The first-order valence-electron chi connectivity index (χ1n) is 8.70. The maximum Gasteiger partial charge on any atom is 0.264 e. The summed E-state index contributed by atoms with van der Waals surface area (Å²) < 4.78 is 1.62. The average molecular weight is 351 g/mol. The Bertz CT molecular complexity index is 964. The van der Waals surface area contributed by atoms with E-state index in [4.69, 9.17) is 0 Å². The largest absolute Gasteiger partial charge is 0.356 e. The van der Waals surface area contributed by atoms with Gasteiger partial charge in [0.05, 0.1) is 5.39 Å². The van der Waals surface area contributed by atoms with E-state index < -0.39 is 0 Å². The lowest BCUT2D eigenvalue weighted by Gasteiger charge is -2.38. The molecule has 8 nitrogen and oxygen atoms in total. The van der Waals surface area contributed by atoms with Crippen LogP contribution in [0.2, 0.25) is 0 Å². The molecule has 0 amide bonds. The van der Waals surface area contributed by atoms with E-state index >= 15 is 0 Å². The first kappa shape index (κ1) is 16.4. The molecule has 8 heteroatoms. The highest BCUT2D eigenvalue weighted by Gasteiger charge is 2.25. The molecule has 26 heavy (non-hydrogen) atoms. The molecule has 1 fully saturated rings. The van der Waals surface area contributed by atoms with E-state index in [1.165, 1.54) is 0 Å². The summed E-state index contributed by atoms with van der Waals surface area (Å²) >= 11 is 0. The molecule has 134 valence electrons. The molecule has 0 spiro atoms. The Morgan fingerprint density at radius 3 is 2.69 bits per heavy atom. The first-order chi connectivity index (χ1) is 12.6. The summed E-state index contributed by atoms with van der Waals surface area (Å²) in [5.74, 6) is 1.61. The average Bonchev–Trinajstić information content (AvgIpc) is 2.71. The predicted molar refractivity (Wildman–Crippen MR) is 100 cm³/mol. The van der Waals surface area contributed by atoms with Gasteiger partial charge in [-0.25, -0.2) is 15.0 Å². The molecule has 3 aromatic rings. The molecule has 0 atom stereocenters. The number of anilines is 2. The molecule has 0 N–H and O–H groups in total. The number of nitrogens with zero attached hydrogens (tertiary/aromatic N) is 7. The van der Waals surface area contributed by atoms with Crippen LogP contribution >= 0.6 is 0 Å². The van der Waals surface area contributed by atoms with Crippen molar-refractivity contribution < 1.29 is 0 Å². The number of aromatic nitrogens is 5. The van der Waals surface area contributed by atoms with Crippen LogP contribution in [-0.2, 0) is 7.05 Å². The minimum atomic E-state index is -0.0571. The Hall–Kier alpha value is -3.03. The van der Waals surface area contributed by atoms with Crippen LogP contribution in [0.25, 0.3) is 11.0 Å². The van der Waals surface area contributed by atoms with Crippen LogP contribution in [0.15, 0.2) is 41.7 Å². The molecule has 0 unspecified atom stereocenters. The Morgan fingerprint density at radius 1 is 1.15 bits per heavy atom. The van der Waals surface area contributed by atoms with E-state index in [9.17, 15) is 4.79 Å². The second-order valence-corrected chi connectivity index (χ2v) is 6.55. The van der Waals surface area contributed by atoms with Crippen LogP contribution in [0.4, 0.5) is 11.8 Å². The Kier molecular flexibility index (Phi) is 4.24. The Labute approximate surface area is 151 Å². The minimum Gasteiger partial charge on any atom is -0.356 e. The SMILES string of the molecule is CN(c1ccncn1)C1CCN(c2nc3ncccc3c(=O)n2C)CC1. The van der Waals surface area contributed by atoms with Crippen molar-refractivity contribution in [2.75, 3.05) is 29.9 Å². The monoisotopic (exact) mass is 351 g/mol. The minimum absolute atomic E-state index is 0.0571. The van der Waals surface area contributed by atoms with Gasteiger partial charge in [-0.15, -0.1) is 0 Å². The van der Waals surface area contributed by atoms with Crippen molar-refractivity contribution >= 4 is 22.8 Å². The molecular weight excluding hydrogens is 330 g/mol. The van der Waals surface area contributed by atoms with E-state index in [1.54, 1.807) is 42.5 Å². The topological polar surface area (TPSA) is 80.0 Å². The molecule has 4 heterocycles.